The van der Waals surface area contributed by atoms with Crippen molar-refractivity contribution in [3.8, 4) is 0 Å². The van der Waals surface area contributed by atoms with Gasteiger partial charge in [0.2, 0.25) is 0 Å². The molecule has 2 heterocycles. The molecule has 4 rings (SSSR count). The van der Waals surface area contributed by atoms with E-state index in [-0.39, 0.29) is 5.91 Å². The summed E-state index contributed by atoms with van der Waals surface area (Å²) in [5, 5.41) is 3.50. The first-order valence-corrected chi connectivity index (χ1v) is 7.70. The minimum Gasteiger partial charge on any atom is -0.347 e. The highest BCUT2D eigenvalue weighted by atomic mass is 32.1. The van der Waals surface area contributed by atoms with Crippen molar-refractivity contribution in [3.05, 3.63) is 66.2 Å². The molecule has 2 aliphatic heterocycles. The first kappa shape index (κ1) is 13.8. The zero-order valence-electron chi connectivity index (χ0n) is 12.1. The molecular weight excluding hydrogens is 306 g/mol. The Kier molecular flexibility index (Phi) is 3.28. The van der Waals surface area contributed by atoms with Gasteiger partial charge in [-0.2, -0.15) is 0 Å². The summed E-state index contributed by atoms with van der Waals surface area (Å²) in [5.74, 6) is -0.0773. The molecule has 1 saturated heterocycles. The van der Waals surface area contributed by atoms with Gasteiger partial charge in [-0.15, -0.1) is 0 Å². The third-order valence-corrected chi connectivity index (χ3v) is 4.19. The van der Waals surface area contributed by atoms with Crippen molar-refractivity contribution in [2.24, 2.45) is 4.99 Å². The molecule has 5 heteroatoms. The highest BCUT2D eigenvalue weighted by molar-refractivity contribution is 7.80. The van der Waals surface area contributed by atoms with Crippen molar-refractivity contribution < 1.29 is 4.79 Å². The lowest BCUT2D eigenvalue weighted by molar-refractivity contribution is -0.117. The third kappa shape index (κ3) is 2.35. The fourth-order valence-electron chi connectivity index (χ4n) is 2.78. The van der Waals surface area contributed by atoms with Gasteiger partial charge < -0.3 is 5.32 Å². The molecule has 0 bridgehead atoms. The number of benzene rings is 2. The molecule has 0 radical (unpaired) electrons. The summed E-state index contributed by atoms with van der Waals surface area (Å²) in [4.78, 5) is 18.6. The average molecular weight is 319 g/mol. The van der Waals surface area contributed by atoms with Crippen LogP contribution >= 0.6 is 12.2 Å². The summed E-state index contributed by atoms with van der Waals surface area (Å²) < 4.78 is 0. The normalized spacial score (nSPS) is 21.0. The number of thiocarbonyl (C=S) groups is 1. The summed E-state index contributed by atoms with van der Waals surface area (Å²) in [5.41, 5.74) is 3.67. The van der Waals surface area contributed by atoms with Crippen molar-refractivity contribution in [2.75, 3.05) is 4.90 Å². The Morgan fingerprint density at radius 2 is 1.83 bits per heavy atom. The van der Waals surface area contributed by atoms with Gasteiger partial charge in [0, 0.05) is 17.4 Å². The number of carbonyl (C=O) groups is 1. The van der Waals surface area contributed by atoms with Crippen LogP contribution in [0.25, 0.3) is 5.57 Å². The second-order valence-electron chi connectivity index (χ2n) is 5.33. The Bertz CT molecular complexity index is 858. The van der Waals surface area contributed by atoms with Crippen LogP contribution < -0.4 is 10.2 Å². The molecule has 2 aliphatic rings. The fourth-order valence-corrected chi connectivity index (χ4v) is 3.11. The van der Waals surface area contributed by atoms with E-state index in [0.717, 1.165) is 22.5 Å². The summed E-state index contributed by atoms with van der Waals surface area (Å²) in [6.07, 6.45) is 3.67. The van der Waals surface area contributed by atoms with Gasteiger partial charge >= 0.3 is 0 Å². The Labute approximate surface area is 139 Å². The Hall–Kier alpha value is -2.79. The monoisotopic (exact) mass is 319 g/mol. The van der Waals surface area contributed by atoms with E-state index in [0.29, 0.717) is 5.11 Å². The number of hydrogen-bond donors (Lipinski definition) is 1. The van der Waals surface area contributed by atoms with Crippen molar-refractivity contribution in [1.29, 1.82) is 0 Å². The molecule has 2 aromatic rings. The van der Waals surface area contributed by atoms with Crippen molar-refractivity contribution >= 4 is 46.4 Å². The third-order valence-electron chi connectivity index (χ3n) is 3.89. The van der Waals surface area contributed by atoms with E-state index in [4.69, 9.17) is 12.2 Å². The molecule has 1 amide bonds. The molecule has 23 heavy (non-hydrogen) atoms. The van der Waals surface area contributed by atoms with E-state index >= 15 is 0 Å². The van der Waals surface area contributed by atoms with Crippen molar-refractivity contribution in [3.63, 3.8) is 0 Å². The molecule has 1 fully saturated rings. The number of amides is 1. The number of anilines is 1. The number of para-hydroxylation sites is 2. The Morgan fingerprint density at radius 3 is 2.65 bits per heavy atom. The van der Waals surface area contributed by atoms with E-state index in [1.165, 1.54) is 4.90 Å². The number of fused-ring (bicyclic) bond motifs is 1. The molecule has 112 valence electrons. The van der Waals surface area contributed by atoms with Crippen LogP contribution in [0.15, 0.2) is 65.7 Å². The SMILES string of the molecule is O=C1C(C=C2C=Nc3ccccc32)NC(=S)N1c1ccccc1. The molecule has 2 aromatic carbocycles. The first-order chi connectivity index (χ1) is 11.2. The van der Waals surface area contributed by atoms with Gasteiger partial charge in [0.15, 0.2) is 5.11 Å². The Balaban J connectivity index is 1.65. The van der Waals surface area contributed by atoms with Crippen LogP contribution in [-0.2, 0) is 4.79 Å². The summed E-state index contributed by atoms with van der Waals surface area (Å²) in [6.45, 7) is 0. The zero-order valence-corrected chi connectivity index (χ0v) is 13.0. The van der Waals surface area contributed by atoms with Crippen LogP contribution in [0.5, 0.6) is 0 Å². The topological polar surface area (TPSA) is 44.7 Å². The van der Waals surface area contributed by atoms with Crippen molar-refractivity contribution in [2.45, 2.75) is 6.04 Å². The number of aliphatic imine (C=N–C) groups is 1. The second-order valence-corrected chi connectivity index (χ2v) is 5.72. The summed E-state index contributed by atoms with van der Waals surface area (Å²) >= 11 is 5.33. The maximum atomic E-state index is 12.7. The first-order valence-electron chi connectivity index (χ1n) is 7.29. The van der Waals surface area contributed by atoms with E-state index in [1.807, 2.05) is 60.7 Å². The lowest BCUT2D eigenvalue weighted by atomic mass is 10.0. The molecule has 4 nitrogen and oxygen atoms in total. The molecule has 1 unspecified atom stereocenters. The molecule has 1 atom stereocenters. The maximum absolute atomic E-state index is 12.7. The number of nitrogens with one attached hydrogen (secondary N) is 1. The van der Waals surface area contributed by atoms with Crippen LogP contribution in [0.1, 0.15) is 5.56 Å². The lowest BCUT2D eigenvalue weighted by Crippen LogP contribution is -2.30. The number of hydrogen-bond acceptors (Lipinski definition) is 3. The molecule has 0 aromatic heterocycles. The Morgan fingerprint density at radius 1 is 1.09 bits per heavy atom. The van der Waals surface area contributed by atoms with Gasteiger partial charge in [-0.05, 0) is 36.5 Å². The number of rotatable bonds is 2. The average Bonchev–Trinajstić information content (AvgIpc) is 3.10. The summed E-state index contributed by atoms with van der Waals surface area (Å²) in [6, 6.07) is 16.8. The highest BCUT2D eigenvalue weighted by Crippen LogP contribution is 2.31. The van der Waals surface area contributed by atoms with Gasteiger partial charge in [0.05, 0.1) is 11.4 Å². The molecule has 1 N–H and O–H groups in total. The predicted molar refractivity (Wildman–Crippen MR) is 96.0 cm³/mol. The minimum absolute atomic E-state index is 0.0773. The van der Waals surface area contributed by atoms with Crippen LogP contribution in [-0.4, -0.2) is 23.3 Å². The number of carbonyl (C=O) groups excluding carboxylic acids is 1. The lowest BCUT2D eigenvalue weighted by Gasteiger charge is -2.14. The van der Waals surface area contributed by atoms with Crippen LogP contribution in [0, 0.1) is 0 Å². The molecular formula is C18H13N3OS. The predicted octanol–water partition coefficient (Wildman–Crippen LogP) is 3.08. The van der Waals surface area contributed by atoms with E-state index in [2.05, 4.69) is 10.3 Å². The van der Waals surface area contributed by atoms with Gasteiger partial charge in [0.25, 0.3) is 5.91 Å². The number of allylic oxidation sites excluding steroid dienone is 1. The van der Waals surface area contributed by atoms with Crippen LogP contribution in [0.4, 0.5) is 11.4 Å². The van der Waals surface area contributed by atoms with Crippen molar-refractivity contribution in [1.82, 2.24) is 5.32 Å². The fraction of sp³-hybridized carbons (Fsp3) is 0.0556. The quantitative estimate of drug-likeness (QED) is 0.865. The molecule has 0 spiro atoms. The van der Waals surface area contributed by atoms with E-state index in [9.17, 15) is 4.79 Å². The molecule has 0 saturated carbocycles. The van der Waals surface area contributed by atoms with Crippen LogP contribution in [0.3, 0.4) is 0 Å². The standard InChI is InChI=1S/C18H13N3OS/c22-17-16(10-12-11-19-15-9-5-4-8-14(12)15)20-18(23)21(17)13-6-2-1-3-7-13/h1-11,16H,(H,20,23). The van der Waals surface area contributed by atoms with Gasteiger partial charge in [-0.25, -0.2) is 0 Å². The molecule has 0 aliphatic carbocycles. The number of nitrogens with zero attached hydrogens (tertiary/aromatic N) is 2. The second kappa shape index (κ2) is 5.44. The minimum atomic E-state index is -0.477. The largest absolute Gasteiger partial charge is 0.347 e. The smallest absolute Gasteiger partial charge is 0.259 e. The maximum Gasteiger partial charge on any atom is 0.259 e. The zero-order chi connectivity index (χ0) is 15.8. The highest BCUT2D eigenvalue weighted by Gasteiger charge is 2.35. The van der Waals surface area contributed by atoms with Gasteiger partial charge in [-0.3, -0.25) is 14.7 Å². The summed E-state index contributed by atoms with van der Waals surface area (Å²) in [7, 11) is 0. The van der Waals surface area contributed by atoms with E-state index < -0.39 is 6.04 Å². The van der Waals surface area contributed by atoms with Crippen LogP contribution in [0.2, 0.25) is 0 Å². The van der Waals surface area contributed by atoms with E-state index in [1.54, 1.807) is 6.21 Å². The van der Waals surface area contributed by atoms with Gasteiger partial charge in [0.1, 0.15) is 6.04 Å². The van der Waals surface area contributed by atoms with Gasteiger partial charge in [-0.1, -0.05) is 36.4 Å².